The summed E-state index contributed by atoms with van der Waals surface area (Å²) in [5.41, 5.74) is 7.01. The summed E-state index contributed by atoms with van der Waals surface area (Å²) in [6.07, 6.45) is 0. The van der Waals surface area contributed by atoms with Gasteiger partial charge in [-0.15, -0.1) is 0 Å². The number of hydrogen-bond acceptors (Lipinski definition) is 5. The number of anilines is 2. The summed E-state index contributed by atoms with van der Waals surface area (Å²) >= 11 is 5.89. The van der Waals surface area contributed by atoms with Gasteiger partial charge in [0.15, 0.2) is 0 Å². The van der Waals surface area contributed by atoms with Crippen LogP contribution in [0.25, 0.3) is 0 Å². The number of benzene rings is 1. The molecular formula is C11H12ClN3O3S. The van der Waals surface area contributed by atoms with E-state index in [1.165, 1.54) is 18.2 Å². The van der Waals surface area contributed by atoms with Gasteiger partial charge in [-0.25, -0.2) is 13.1 Å². The third-order valence-electron chi connectivity index (χ3n) is 2.43. The van der Waals surface area contributed by atoms with Gasteiger partial charge in [0.25, 0.3) is 10.0 Å². The van der Waals surface area contributed by atoms with Crippen molar-refractivity contribution in [1.29, 1.82) is 0 Å². The summed E-state index contributed by atoms with van der Waals surface area (Å²) < 4.78 is 31.3. The monoisotopic (exact) mass is 301 g/mol. The van der Waals surface area contributed by atoms with Gasteiger partial charge < -0.3 is 10.3 Å². The second-order valence-corrected chi connectivity index (χ2v) is 6.14. The molecule has 0 bridgehead atoms. The van der Waals surface area contributed by atoms with E-state index in [1.807, 2.05) is 0 Å². The van der Waals surface area contributed by atoms with E-state index < -0.39 is 10.0 Å². The number of nitrogens with one attached hydrogen (secondary N) is 1. The average Bonchev–Trinajstić information content (AvgIpc) is 2.70. The lowest BCUT2D eigenvalue weighted by atomic mass is 10.2. The fraction of sp³-hybridized carbons (Fsp3) is 0.182. The highest BCUT2D eigenvalue weighted by atomic mass is 35.5. The molecule has 0 radical (unpaired) electrons. The number of nitrogen functional groups attached to an aromatic ring is 1. The van der Waals surface area contributed by atoms with Crippen LogP contribution in [0.4, 0.5) is 11.6 Å². The maximum Gasteiger partial charge on any atom is 0.264 e. The molecule has 0 aliphatic rings. The first kappa shape index (κ1) is 13.7. The van der Waals surface area contributed by atoms with Crippen LogP contribution in [0, 0.1) is 13.8 Å². The normalized spacial score (nSPS) is 11.5. The van der Waals surface area contributed by atoms with Gasteiger partial charge in [-0.3, -0.25) is 0 Å². The van der Waals surface area contributed by atoms with Crippen molar-refractivity contribution in [3.05, 3.63) is 34.5 Å². The van der Waals surface area contributed by atoms with Crippen LogP contribution in [0.3, 0.4) is 0 Å². The van der Waals surface area contributed by atoms with Gasteiger partial charge in [-0.2, -0.15) is 0 Å². The highest BCUT2D eigenvalue weighted by Crippen LogP contribution is 2.27. The van der Waals surface area contributed by atoms with Crippen molar-refractivity contribution < 1.29 is 12.9 Å². The highest BCUT2D eigenvalue weighted by Gasteiger charge is 2.18. The fourth-order valence-electron chi connectivity index (χ4n) is 1.52. The molecule has 1 heterocycles. The minimum atomic E-state index is -3.78. The second kappa shape index (κ2) is 4.75. The van der Waals surface area contributed by atoms with Gasteiger partial charge in [-0.05, 0) is 31.5 Å². The van der Waals surface area contributed by atoms with E-state index in [9.17, 15) is 8.42 Å². The van der Waals surface area contributed by atoms with Gasteiger partial charge in [0.1, 0.15) is 0 Å². The summed E-state index contributed by atoms with van der Waals surface area (Å²) in [5.74, 6) is 0.0451. The molecule has 0 spiro atoms. The molecule has 8 heteroatoms. The quantitative estimate of drug-likeness (QED) is 0.848. The van der Waals surface area contributed by atoms with Crippen LogP contribution in [0.2, 0.25) is 5.02 Å². The lowest BCUT2D eigenvalue weighted by Crippen LogP contribution is -2.13. The zero-order chi connectivity index (χ0) is 14.2. The molecule has 0 saturated carbocycles. The Labute approximate surface area is 115 Å². The third-order valence-corrected chi connectivity index (χ3v) is 4.27. The van der Waals surface area contributed by atoms with Crippen LogP contribution >= 0.6 is 11.6 Å². The van der Waals surface area contributed by atoms with Crippen molar-refractivity contribution >= 4 is 33.2 Å². The van der Waals surface area contributed by atoms with Crippen molar-refractivity contribution in [2.45, 2.75) is 18.7 Å². The summed E-state index contributed by atoms with van der Waals surface area (Å²) in [6.45, 7) is 3.36. The Morgan fingerprint density at radius 1 is 1.32 bits per heavy atom. The van der Waals surface area contributed by atoms with Crippen LogP contribution < -0.4 is 10.5 Å². The Hall–Kier alpha value is -1.73. The molecule has 19 heavy (non-hydrogen) atoms. The summed E-state index contributed by atoms with van der Waals surface area (Å²) in [6, 6.07) is 4.20. The molecule has 0 aliphatic carbocycles. The zero-order valence-electron chi connectivity index (χ0n) is 10.3. The Morgan fingerprint density at radius 3 is 2.53 bits per heavy atom. The molecule has 0 unspecified atom stereocenters. The maximum absolute atomic E-state index is 12.1. The minimum absolute atomic E-state index is 0.0148. The van der Waals surface area contributed by atoms with E-state index in [1.54, 1.807) is 13.8 Å². The fourth-order valence-corrected chi connectivity index (χ4v) is 2.72. The van der Waals surface area contributed by atoms with E-state index in [4.69, 9.17) is 21.9 Å². The van der Waals surface area contributed by atoms with E-state index >= 15 is 0 Å². The highest BCUT2D eigenvalue weighted by molar-refractivity contribution is 7.92. The standard InChI is InChI=1S/C11H12ClN3O3S/c1-6-3-8(5-9(13)11(6)12)19(16,17)15-10-4-7(2)14-18-10/h3-5,15H,13H2,1-2H3. The van der Waals surface area contributed by atoms with E-state index in [2.05, 4.69) is 9.88 Å². The Morgan fingerprint density at radius 2 is 2.00 bits per heavy atom. The van der Waals surface area contributed by atoms with Gasteiger partial charge in [-0.1, -0.05) is 16.8 Å². The lowest BCUT2D eigenvalue weighted by molar-refractivity contribution is 0.430. The molecule has 102 valence electrons. The van der Waals surface area contributed by atoms with Crippen molar-refractivity contribution in [2.75, 3.05) is 10.5 Å². The lowest BCUT2D eigenvalue weighted by Gasteiger charge is -2.08. The molecule has 2 aromatic rings. The second-order valence-electron chi connectivity index (χ2n) is 4.08. The molecule has 0 fully saturated rings. The van der Waals surface area contributed by atoms with Gasteiger partial charge in [0.2, 0.25) is 5.88 Å². The van der Waals surface area contributed by atoms with Gasteiger partial charge >= 0.3 is 0 Å². The summed E-state index contributed by atoms with van der Waals surface area (Å²) in [4.78, 5) is 0.0148. The minimum Gasteiger partial charge on any atom is -0.397 e. The van der Waals surface area contributed by atoms with Crippen LogP contribution in [-0.4, -0.2) is 13.6 Å². The van der Waals surface area contributed by atoms with Crippen molar-refractivity contribution in [3.63, 3.8) is 0 Å². The SMILES string of the molecule is Cc1cc(NS(=O)(=O)c2cc(C)c(Cl)c(N)c2)on1. The number of rotatable bonds is 3. The number of aromatic nitrogens is 1. The van der Waals surface area contributed by atoms with Crippen molar-refractivity contribution in [2.24, 2.45) is 0 Å². The van der Waals surface area contributed by atoms with Gasteiger partial charge in [0.05, 0.1) is 21.3 Å². The number of nitrogens with zero attached hydrogens (tertiary/aromatic N) is 1. The number of nitrogens with two attached hydrogens (primary N) is 1. The predicted molar refractivity (Wildman–Crippen MR) is 72.6 cm³/mol. The Bertz CT molecular complexity index is 702. The maximum atomic E-state index is 12.1. The molecule has 0 amide bonds. The summed E-state index contributed by atoms with van der Waals surface area (Å²) in [7, 11) is -3.78. The third kappa shape index (κ3) is 2.82. The topological polar surface area (TPSA) is 98.2 Å². The molecular weight excluding hydrogens is 290 g/mol. The van der Waals surface area contributed by atoms with Crippen LogP contribution in [0.1, 0.15) is 11.3 Å². The Kier molecular flexibility index (Phi) is 3.42. The first-order chi connectivity index (χ1) is 8.79. The molecule has 2 rings (SSSR count). The van der Waals surface area contributed by atoms with E-state index in [0.717, 1.165) is 0 Å². The van der Waals surface area contributed by atoms with Crippen LogP contribution in [0.15, 0.2) is 27.6 Å². The number of sulfonamides is 1. The van der Waals surface area contributed by atoms with Crippen molar-refractivity contribution in [1.82, 2.24) is 5.16 Å². The molecule has 0 atom stereocenters. The molecule has 1 aromatic heterocycles. The van der Waals surface area contributed by atoms with Crippen molar-refractivity contribution in [3.8, 4) is 0 Å². The average molecular weight is 302 g/mol. The Balaban J connectivity index is 2.40. The van der Waals surface area contributed by atoms with E-state index in [0.29, 0.717) is 16.3 Å². The van der Waals surface area contributed by atoms with E-state index in [-0.39, 0.29) is 16.5 Å². The molecule has 3 N–H and O–H groups in total. The predicted octanol–water partition coefficient (Wildman–Crippen LogP) is 2.33. The molecule has 0 saturated heterocycles. The molecule has 6 nitrogen and oxygen atoms in total. The number of hydrogen-bond donors (Lipinski definition) is 2. The molecule has 1 aromatic carbocycles. The van der Waals surface area contributed by atoms with Crippen LogP contribution in [0.5, 0.6) is 0 Å². The zero-order valence-corrected chi connectivity index (χ0v) is 11.8. The smallest absolute Gasteiger partial charge is 0.264 e. The number of halogens is 1. The summed E-state index contributed by atoms with van der Waals surface area (Å²) in [5, 5.41) is 3.94. The largest absolute Gasteiger partial charge is 0.397 e. The number of aryl methyl sites for hydroxylation is 2. The first-order valence-electron chi connectivity index (χ1n) is 5.31. The molecule has 0 aliphatic heterocycles. The van der Waals surface area contributed by atoms with Crippen LogP contribution in [-0.2, 0) is 10.0 Å². The first-order valence-corrected chi connectivity index (χ1v) is 7.17. The van der Waals surface area contributed by atoms with Gasteiger partial charge in [0, 0.05) is 6.07 Å².